The zero-order chi connectivity index (χ0) is 22.8. The van der Waals surface area contributed by atoms with Gasteiger partial charge in [-0.3, -0.25) is 14.6 Å². The zero-order valence-corrected chi connectivity index (χ0v) is 19.8. The van der Waals surface area contributed by atoms with Gasteiger partial charge in [0, 0.05) is 31.2 Å². The van der Waals surface area contributed by atoms with Crippen LogP contribution in [0.15, 0.2) is 54.7 Å². The molecule has 5 rings (SSSR count). The molecule has 0 bridgehead atoms. The second kappa shape index (κ2) is 9.61. The van der Waals surface area contributed by atoms with E-state index in [-0.39, 0.29) is 5.91 Å². The first kappa shape index (κ1) is 22.0. The molecule has 0 unspecified atom stereocenters. The molecule has 2 aromatic carbocycles. The Labute approximate surface area is 201 Å². The lowest BCUT2D eigenvalue weighted by Crippen LogP contribution is -2.43. The summed E-state index contributed by atoms with van der Waals surface area (Å²) in [6.07, 6.45) is 1.65. The van der Waals surface area contributed by atoms with Gasteiger partial charge in [0.05, 0.1) is 46.6 Å². The van der Waals surface area contributed by atoms with Gasteiger partial charge >= 0.3 is 0 Å². The fourth-order valence-electron chi connectivity index (χ4n) is 3.95. The molecule has 0 radical (unpaired) electrons. The first-order valence-corrected chi connectivity index (χ1v) is 12.1. The summed E-state index contributed by atoms with van der Waals surface area (Å²) in [4.78, 5) is 22.6. The van der Waals surface area contributed by atoms with Crippen LogP contribution in [0.2, 0.25) is 5.02 Å². The number of ether oxygens (including phenoxy) is 1. The number of amides is 1. The van der Waals surface area contributed by atoms with Crippen molar-refractivity contribution in [3.8, 4) is 5.69 Å². The van der Waals surface area contributed by atoms with Crippen LogP contribution in [0.4, 0.5) is 5.13 Å². The third-order valence-electron chi connectivity index (χ3n) is 5.80. The molecule has 1 amide bonds. The van der Waals surface area contributed by atoms with Gasteiger partial charge in [0.1, 0.15) is 0 Å². The molecule has 0 atom stereocenters. The molecule has 0 saturated carbocycles. The Kier molecular flexibility index (Phi) is 6.41. The number of benzene rings is 2. The van der Waals surface area contributed by atoms with Gasteiger partial charge in [-0.25, -0.2) is 9.67 Å². The van der Waals surface area contributed by atoms with Crippen molar-refractivity contribution in [2.45, 2.75) is 6.92 Å². The fraction of sp³-hybridized carbons (Fsp3) is 0.292. The normalized spacial score (nSPS) is 14.6. The number of carbonyl (C=O) groups is 1. The number of aromatic nitrogens is 3. The van der Waals surface area contributed by atoms with Crippen molar-refractivity contribution in [1.82, 2.24) is 19.7 Å². The van der Waals surface area contributed by atoms with Gasteiger partial charge in [-0.2, -0.15) is 5.10 Å². The Morgan fingerprint density at radius 2 is 1.97 bits per heavy atom. The van der Waals surface area contributed by atoms with Gasteiger partial charge in [-0.1, -0.05) is 41.1 Å². The van der Waals surface area contributed by atoms with Crippen LogP contribution in [0.1, 0.15) is 16.1 Å². The number of fused-ring (bicyclic) bond motifs is 1. The summed E-state index contributed by atoms with van der Waals surface area (Å²) in [5, 5.41) is 5.82. The summed E-state index contributed by atoms with van der Waals surface area (Å²) >= 11 is 7.66. The fourth-order valence-corrected chi connectivity index (χ4v) is 5.21. The predicted molar refractivity (Wildman–Crippen MR) is 132 cm³/mol. The summed E-state index contributed by atoms with van der Waals surface area (Å²) in [5.41, 5.74) is 3.12. The summed E-state index contributed by atoms with van der Waals surface area (Å²) in [7, 11) is 0. The maximum absolute atomic E-state index is 13.8. The smallest absolute Gasteiger partial charge is 0.263 e. The summed E-state index contributed by atoms with van der Waals surface area (Å²) in [5.74, 6) is -0.104. The van der Waals surface area contributed by atoms with Crippen LogP contribution in [-0.2, 0) is 4.74 Å². The minimum absolute atomic E-state index is 0.104. The standard InChI is InChI=1S/C24H24ClN5O2S/c1-17-20(16-26-30(17)19-5-3-2-4-6-19)23(31)29(10-9-28-11-13-32-14-12-28)24-27-21-8-7-18(25)15-22(21)33-24/h2-8,15-16H,9-14H2,1H3. The summed E-state index contributed by atoms with van der Waals surface area (Å²) in [6.45, 7) is 6.36. The number of carbonyl (C=O) groups excluding carboxylic acids is 1. The number of para-hydroxylation sites is 1. The Morgan fingerprint density at radius 3 is 2.76 bits per heavy atom. The quantitative estimate of drug-likeness (QED) is 0.408. The van der Waals surface area contributed by atoms with E-state index in [0.717, 1.165) is 54.4 Å². The largest absolute Gasteiger partial charge is 0.379 e. The third-order valence-corrected chi connectivity index (χ3v) is 7.08. The Balaban J connectivity index is 1.47. The molecule has 1 fully saturated rings. The Hall–Kier alpha value is -2.78. The van der Waals surface area contributed by atoms with Crippen molar-refractivity contribution in [1.29, 1.82) is 0 Å². The van der Waals surface area contributed by atoms with Gasteiger partial charge < -0.3 is 4.74 Å². The Bertz CT molecular complexity index is 1270. The van der Waals surface area contributed by atoms with Crippen molar-refractivity contribution in [3.05, 3.63) is 71.0 Å². The van der Waals surface area contributed by atoms with Crippen LogP contribution in [-0.4, -0.2) is 65.0 Å². The molecule has 0 N–H and O–H groups in total. The second-order valence-electron chi connectivity index (χ2n) is 7.91. The van der Waals surface area contributed by atoms with E-state index < -0.39 is 0 Å². The van der Waals surface area contributed by atoms with Gasteiger partial charge in [-0.15, -0.1) is 0 Å². The van der Waals surface area contributed by atoms with Gasteiger partial charge in [0.25, 0.3) is 5.91 Å². The van der Waals surface area contributed by atoms with Crippen LogP contribution in [0.25, 0.3) is 15.9 Å². The van der Waals surface area contributed by atoms with Crippen molar-refractivity contribution in [3.63, 3.8) is 0 Å². The van der Waals surface area contributed by atoms with Gasteiger partial charge in [0.15, 0.2) is 5.13 Å². The first-order valence-electron chi connectivity index (χ1n) is 10.9. The molecule has 1 aliphatic heterocycles. The van der Waals surface area contributed by atoms with Gasteiger partial charge in [0.2, 0.25) is 0 Å². The molecule has 3 heterocycles. The molecule has 4 aromatic rings. The number of hydrogen-bond donors (Lipinski definition) is 0. The minimum Gasteiger partial charge on any atom is -0.379 e. The molecule has 0 aliphatic carbocycles. The number of halogens is 1. The molecule has 7 nitrogen and oxygen atoms in total. The van der Waals surface area contributed by atoms with E-state index in [2.05, 4.69) is 10.00 Å². The average molecular weight is 482 g/mol. The maximum Gasteiger partial charge on any atom is 0.263 e. The first-order chi connectivity index (χ1) is 16.1. The maximum atomic E-state index is 13.8. The molecular formula is C24H24ClN5O2S. The van der Waals surface area contributed by atoms with E-state index in [9.17, 15) is 4.79 Å². The zero-order valence-electron chi connectivity index (χ0n) is 18.3. The lowest BCUT2D eigenvalue weighted by atomic mass is 10.2. The second-order valence-corrected chi connectivity index (χ2v) is 9.36. The molecule has 0 spiro atoms. The van der Waals surface area contributed by atoms with E-state index in [1.807, 2.05) is 55.5 Å². The molecule has 9 heteroatoms. The topological polar surface area (TPSA) is 63.5 Å². The average Bonchev–Trinajstić information content (AvgIpc) is 3.43. The number of anilines is 1. The summed E-state index contributed by atoms with van der Waals surface area (Å²) < 4.78 is 8.22. The number of nitrogens with zero attached hydrogens (tertiary/aromatic N) is 5. The van der Waals surface area contributed by atoms with Crippen LogP contribution in [0, 0.1) is 6.92 Å². The van der Waals surface area contributed by atoms with Gasteiger partial charge in [-0.05, 0) is 37.3 Å². The number of morpholine rings is 1. The van der Waals surface area contributed by atoms with E-state index in [4.69, 9.17) is 21.3 Å². The number of rotatable bonds is 6. The monoisotopic (exact) mass is 481 g/mol. The highest BCUT2D eigenvalue weighted by Crippen LogP contribution is 2.32. The van der Waals surface area contributed by atoms with Crippen LogP contribution in [0.3, 0.4) is 0 Å². The molecule has 33 heavy (non-hydrogen) atoms. The van der Waals surface area contributed by atoms with E-state index in [0.29, 0.717) is 22.3 Å². The van der Waals surface area contributed by atoms with Crippen molar-refractivity contribution in [2.24, 2.45) is 0 Å². The number of hydrogen-bond acceptors (Lipinski definition) is 6. The SMILES string of the molecule is Cc1c(C(=O)N(CCN2CCOCC2)c2nc3ccc(Cl)cc3s2)cnn1-c1ccccc1. The van der Waals surface area contributed by atoms with Crippen LogP contribution >= 0.6 is 22.9 Å². The van der Waals surface area contributed by atoms with Crippen molar-refractivity contribution in [2.75, 3.05) is 44.3 Å². The molecular weight excluding hydrogens is 458 g/mol. The van der Waals surface area contributed by atoms with Crippen LogP contribution < -0.4 is 4.90 Å². The lowest BCUT2D eigenvalue weighted by molar-refractivity contribution is 0.0391. The van der Waals surface area contributed by atoms with Crippen LogP contribution in [0.5, 0.6) is 0 Å². The third kappa shape index (κ3) is 4.65. The lowest BCUT2D eigenvalue weighted by Gasteiger charge is -2.29. The van der Waals surface area contributed by atoms with E-state index in [1.165, 1.54) is 11.3 Å². The van der Waals surface area contributed by atoms with Crippen molar-refractivity contribution < 1.29 is 9.53 Å². The van der Waals surface area contributed by atoms with E-state index in [1.54, 1.807) is 15.8 Å². The Morgan fingerprint density at radius 1 is 1.18 bits per heavy atom. The minimum atomic E-state index is -0.104. The molecule has 1 aliphatic rings. The molecule has 2 aromatic heterocycles. The summed E-state index contributed by atoms with van der Waals surface area (Å²) in [6, 6.07) is 15.4. The molecule has 170 valence electrons. The highest BCUT2D eigenvalue weighted by molar-refractivity contribution is 7.22. The molecule has 1 saturated heterocycles. The predicted octanol–water partition coefficient (Wildman–Crippen LogP) is 4.42. The highest BCUT2D eigenvalue weighted by Gasteiger charge is 2.26. The van der Waals surface area contributed by atoms with E-state index >= 15 is 0 Å². The highest BCUT2D eigenvalue weighted by atomic mass is 35.5. The van der Waals surface area contributed by atoms with Crippen molar-refractivity contribution >= 4 is 44.2 Å². The number of thiazole rings is 1.